The Bertz CT molecular complexity index is 1350. The van der Waals surface area contributed by atoms with E-state index >= 15 is 0 Å². The SMILES string of the molecule is c1ccc(-c2ccc3ccc4c(c3c2-c2ccccc2)Cc2ccccc2-4)cc1. The molecule has 0 unspecified atom stereocenters. The summed E-state index contributed by atoms with van der Waals surface area (Å²) in [5, 5.41) is 2.71. The fraction of sp³-hybridized carbons (Fsp3) is 0.0345. The highest BCUT2D eigenvalue weighted by molar-refractivity contribution is 6.09. The van der Waals surface area contributed by atoms with Crippen LogP contribution in [0.4, 0.5) is 0 Å². The Morgan fingerprint density at radius 3 is 1.83 bits per heavy atom. The van der Waals surface area contributed by atoms with Gasteiger partial charge >= 0.3 is 0 Å². The van der Waals surface area contributed by atoms with Gasteiger partial charge in [0.1, 0.15) is 0 Å². The van der Waals surface area contributed by atoms with Crippen molar-refractivity contribution < 1.29 is 0 Å². The highest BCUT2D eigenvalue weighted by atomic mass is 14.3. The predicted octanol–water partition coefficient (Wildman–Crippen LogP) is 7.75. The lowest BCUT2D eigenvalue weighted by Crippen LogP contribution is -1.92. The van der Waals surface area contributed by atoms with E-state index in [0.29, 0.717) is 0 Å². The largest absolute Gasteiger partial charge is 0.0622 e. The van der Waals surface area contributed by atoms with Crippen molar-refractivity contribution in [1.29, 1.82) is 0 Å². The molecule has 0 amide bonds. The van der Waals surface area contributed by atoms with Gasteiger partial charge in [0.15, 0.2) is 0 Å². The number of rotatable bonds is 2. The molecule has 1 aliphatic rings. The van der Waals surface area contributed by atoms with Crippen LogP contribution in [0.2, 0.25) is 0 Å². The molecule has 5 aromatic carbocycles. The van der Waals surface area contributed by atoms with E-state index in [4.69, 9.17) is 0 Å². The maximum Gasteiger partial charge on any atom is -0.000706 e. The van der Waals surface area contributed by atoms with E-state index in [0.717, 1.165) is 6.42 Å². The molecule has 0 aliphatic heterocycles. The second kappa shape index (κ2) is 6.46. The van der Waals surface area contributed by atoms with Crippen molar-refractivity contribution in [1.82, 2.24) is 0 Å². The first-order valence-electron chi connectivity index (χ1n) is 10.2. The van der Waals surface area contributed by atoms with Crippen molar-refractivity contribution in [2.45, 2.75) is 6.42 Å². The Balaban J connectivity index is 1.74. The fourth-order valence-electron chi connectivity index (χ4n) is 4.82. The van der Waals surface area contributed by atoms with Gasteiger partial charge in [-0.3, -0.25) is 0 Å². The van der Waals surface area contributed by atoms with E-state index in [1.807, 2.05) is 0 Å². The summed E-state index contributed by atoms with van der Waals surface area (Å²) in [6, 6.07) is 39.6. The first kappa shape index (κ1) is 16.3. The van der Waals surface area contributed by atoms with E-state index in [1.165, 1.54) is 55.3 Å². The number of hydrogen-bond acceptors (Lipinski definition) is 0. The molecule has 0 aromatic heterocycles. The highest BCUT2D eigenvalue weighted by Crippen LogP contribution is 2.46. The average molecular weight is 368 g/mol. The van der Waals surface area contributed by atoms with E-state index in [2.05, 4.69) is 109 Å². The first-order valence-corrected chi connectivity index (χ1v) is 10.2. The third-order valence-corrected chi connectivity index (χ3v) is 6.12. The van der Waals surface area contributed by atoms with Gasteiger partial charge in [-0.05, 0) is 61.7 Å². The first-order chi connectivity index (χ1) is 14.4. The van der Waals surface area contributed by atoms with Crippen molar-refractivity contribution in [3.63, 3.8) is 0 Å². The zero-order valence-corrected chi connectivity index (χ0v) is 16.1. The topological polar surface area (TPSA) is 0 Å². The standard InChI is InChI=1S/C29H20/c1-3-9-20(10-4-1)25-17-15-22-16-18-26-24-14-8-7-13-23(24)19-27(26)29(22)28(25)21-11-5-2-6-12-21/h1-18H,19H2. The van der Waals surface area contributed by atoms with Crippen LogP contribution in [0.1, 0.15) is 11.1 Å². The molecule has 0 heterocycles. The van der Waals surface area contributed by atoms with Crippen LogP contribution in [-0.2, 0) is 6.42 Å². The minimum Gasteiger partial charge on any atom is -0.0622 e. The summed E-state index contributed by atoms with van der Waals surface area (Å²) in [5.74, 6) is 0. The molecule has 29 heavy (non-hydrogen) atoms. The molecule has 0 radical (unpaired) electrons. The Hall–Kier alpha value is -3.64. The van der Waals surface area contributed by atoms with Gasteiger partial charge in [-0.2, -0.15) is 0 Å². The molecule has 0 heteroatoms. The molecular formula is C29H20. The number of fused-ring (bicyclic) bond motifs is 5. The second-order valence-corrected chi connectivity index (χ2v) is 7.74. The van der Waals surface area contributed by atoms with Crippen molar-refractivity contribution in [2.75, 3.05) is 0 Å². The van der Waals surface area contributed by atoms with Gasteiger partial charge < -0.3 is 0 Å². The molecular weight excluding hydrogens is 348 g/mol. The molecule has 6 rings (SSSR count). The van der Waals surface area contributed by atoms with Gasteiger partial charge in [-0.25, -0.2) is 0 Å². The normalized spacial score (nSPS) is 12.0. The zero-order chi connectivity index (χ0) is 19.2. The molecule has 0 fully saturated rings. The van der Waals surface area contributed by atoms with Crippen molar-refractivity contribution in [3.05, 3.63) is 120 Å². The van der Waals surface area contributed by atoms with E-state index in [1.54, 1.807) is 0 Å². The van der Waals surface area contributed by atoms with Crippen LogP contribution in [-0.4, -0.2) is 0 Å². The molecule has 0 atom stereocenters. The third-order valence-electron chi connectivity index (χ3n) is 6.12. The van der Waals surface area contributed by atoms with Crippen LogP contribution in [0, 0.1) is 0 Å². The summed E-state index contributed by atoms with van der Waals surface area (Å²) in [7, 11) is 0. The zero-order valence-electron chi connectivity index (χ0n) is 16.1. The van der Waals surface area contributed by atoms with Crippen LogP contribution in [0.3, 0.4) is 0 Å². The number of hydrogen-bond donors (Lipinski definition) is 0. The van der Waals surface area contributed by atoms with Crippen molar-refractivity contribution >= 4 is 10.8 Å². The molecule has 0 N–H and O–H groups in total. The lowest BCUT2D eigenvalue weighted by Gasteiger charge is -2.17. The molecule has 0 bridgehead atoms. The Morgan fingerprint density at radius 1 is 0.448 bits per heavy atom. The van der Waals surface area contributed by atoms with E-state index in [9.17, 15) is 0 Å². The highest BCUT2D eigenvalue weighted by Gasteiger charge is 2.23. The molecule has 1 aliphatic carbocycles. The molecule has 0 spiro atoms. The summed E-state index contributed by atoms with van der Waals surface area (Å²) in [4.78, 5) is 0. The maximum absolute atomic E-state index is 2.31. The van der Waals surface area contributed by atoms with Crippen molar-refractivity contribution in [3.8, 4) is 33.4 Å². The van der Waals surface area contributed by atoms with Crippen LogP contribution in [0.15, 0.2) is 109 Å². The minimum absolute atomic E-state index is 1.00. The van der Waals surface area contributed by atoms with Gasteiger partial charge in [0.25, 0.3) is 0 Å². The van der Waals surface area contributed by atoms with Gasteiger partial charge in [-0.15, -0.1) is 0 Å². The molecule has 0 saturated carbocycles. The summed E-state index contributed by atoms with van der Waals surface area (Å²) in [6.07, 6.45) is 1.00. The van der Waals surface area contributed by atoms with Crippen LogP contribution in [0.5, 0.6) is 0 Å². The summed E-state index contributed by atoms with van der Waals surface area (Å²) in [5.41, 5.74) is 10.8. The lowest BCUT2D eigenvalue weighted by atomic mass is 9.86. The van der Waals surface area contributed by atoms with Crippen molar-refractivity contribution in [2.24, 2.45) is 0 Å². The van der Waals surface area contributed by atoms with Gasteiger partial charge in [0, 0.05) is 0 Å². The van der Waals surface area contributed by atoms with Crippen LogP contribution in [0.25, 0.3) is 44.2 Å². The Kier molecular flexibility index (Phi) is 3.64. The van der Waals surface area contributed by atoms with Crippen LogP contribution >= 0.6 is 0 Å². The summed E-state index contributed by atoms with van der Waals surface area (Å²) >= 11 is 0. The molecule has 136 valence electrons. The average Bonchev–Trinajstić information content (AvgIpc) is 3.18. The van der Waals surface area contributed by atoms with Gasteiger partial charge in [0.05, 0.1) is 0 Å². The summed E-state index contributed by atoms with van der Waals surface area (Å²) in [6.45, 7) is 0. The maximum atomic E-state index is 2.31. The van der Waals surface area contributed by atoms with Gasteiger partial charge in [-0.1, -0.05) is 109 Å². The minimum atomic E-state index is 1.00. The molecule has 0 saturated heterocycles. The Morgan fingerprint density at radius 2 is 1.07 bits per heavy atom. The second-order valence-electron chi connectivity index (χ2n) is 7.74. The third kappa shape index (κ3) is 2.53. The lowest BCUT2D eigenvalue weighted by molar-refractivity contribution is 1.28. The van der Waals surface area contributed by atoms with Gasteiger partial charge in [0.2, 0.25) is 0 Å². The monoisotopic (exact) mass is 368 g/mol. The van der Waals surface area contributed by atoms with E-state index < -0.39 is 0 Å². The van der Waals surface area contributed by atoms with E-state index in [-0.39, 0.29) is 0 Å². The Labute approximate surface area is 171 Å². The van der Waals surface area contributed by atoms with Crippen LogP contribution < -0.4 is 0 Å². The number of benzene rings is 5. The quantitative estimate of drug-likeness (QED) is 0.293. The molecule has 0 nitrogen and oxygen atoms in total. The smallest absolute Gasteiger partial charge is 0.000706 e. The predicted molar refractivity (Wildman–Crippen MR) is 123 cm³/mol. The summed E-state index contributed by atoms with van der Waals surface area (Å²) < 4.78 is 0. The fourth-order valence-corrected chi connectivity index (χ4v) is 4.82. The molecule has 5 aromatic rings.